The number of halogens is 1. The molecule has 0 bridgehead atoms. The first-order valence-corrected chi connectivity index (χ1v) is 8.17. The molecule has 0 N–H and O–H groups in total. The topological polar surface area (TPSA) is 53.4 Å². The average Bonchev–Trinajstić information content (AvgIpc) is 3.16. The molecule has 0 fully saturated rings. The number of ether oxygens (including phenoxy) is 2. The van der Waals surface area contributed by atoms with Gasteiger partial charge in [0.1, 0.15) is 12.4 Å². The highest BCUT2D eigenvalue weighted by Crippen LogP contribution is 2.17. The van der Waals surface area contributed by atoms with E-state index in [2.05, 4.69) is 5.10 Å². The monoisotopic (exact) mass is 356 g/mol. The van der Waals surface area contributed by atoms with Crippen LogP contribution in [0.5, 0.6) is 5.75 Å². The van der Waals surface area contributed by atoms with Crippen LogP contribution in [0.15, 0.2) is 67.0 Å². The zero-order valence-corrected chi connectivity index (χ0v) is 14.4. The Morgan fingerprint density at radius 1 is 1.16 bits per heavy atom. The van der Waals surface area contributed by atoms with Crippen LogP contribution in [0.4, 0.5) is 0 Å². The van der Waals surface area contributed by atoms with Gasteiger partial charge in [-0.25, -0.2) is 9.48 Å². The van der Waals surface area contributed by atoms with Crippen molar-refractivity contribution in [1.29, 1.82) is 0 Å². The van der Waals surface area contributed by atoms with E-state index in [0.29, 0.717) is 10.8 Å². The van der Waals surface area contributed by atoms with Crippen molar-refractivity contribution in [2.24, 2.45) is 0 Å². The first kappa shape index (κ1) is 17.0. The standard InChI is InChI=1S/C19H17ClN2O3/c1-14(25-18-9-5-16(20)6-10-18)19(23)24-13-15-3-7-17(8-4-15)22-12-2-11-21-22/h2-12,14H,13H2,1H3. The quantitative estimate of drug-likeness (QED) is 0.625. The first-order chi connectivity index (χ1) is 12.1. The van der Waals surface area contributed by atoms with Gasteiger partial charge < -0.3 is 9.47 Å². The Hall–Kier alpha value is -2.79. The van der Waals surface area contributed by atoms with E-state index in [9.17, 15) is 4.79 Å². The number of nitrogens with zero attached hydrogens (tertiary/aromatic N) is 2. The Bertz CT molecular complexity index is 815. The molecule has 0 radical (unpaired) electrons. The summed E-state index contributed by atoms with van der Waals surface area (Å²) in [5, 5.41) is 4.78. The molecule has 0 spiro atoms. The van der Waals surface area contributed by atoms with E-state index < -0.39 is 12.1 Å². The van der Waals surface area contributed by atoms with Crippen molar-refractivity contribution in [3.05, 3.63) is 77.6 Å². The van der Waals surface area contributed by atoms with Gasteiger partial charge in [-0.15, -0.1) is 0 Å². The number of carbonyl (C=O) groups excluding carboxylic acids is 1. The van der Waals surface area contributed by atoms with Crippen molar-refractivity contribution < 1.29 is 14.3 Å². The van der Waals surface area contributed by atoms with Gasteiger partial charge in [-0.2, -0.15) is 5.10 Å². The van der Waals surface area contributed by atoms with E-state index in [0.717, 1.165) is 11.3 Å². The van der Waals surface area contributed by atoms with Crippen LogP contribution in [0.2, 0.25) is 5.02 Å². The summed E-state index contributed by atoms with van der Waals surface area (Å²) >= 11 is 5.82. The second kappa shape index (κ2) is 7.85. The average molecular weight is 357 g/mol. The fourth-order valence-electron chi connectivity index (χ4n) is 2.20. The number of hydrogen-bond acceptors (Lipinski definition) is 4. The van der Waals surface area contributed by atoms with E-state index in [4.69, 9.17) is 21.1 Å². The highest BCUT2D eigenvalue weighted by Gasteiger charge is 2.16. The molecule has 1 atom stereocenters. The Labute approximate surface area is 150 Å². The van der Waals surface area contributed by atoms with Crippen LogP contribution in [0.1, 0.15) is 12.5 Å². The number of hydrogen-bond donors (Lipinski definition) is 0. The normalized spacial score (nSPS) is 11.8. The molecule has 0 saturated heterocycles. The maximum Gasteiger partial charge on any atom is 0.347 e. The van der Waals surface area contributed by atoms with Crippen LogP contribution in [0, 0.1) is 0 Å². The summed E-state index contributed by atoms with van der Waals surface area (Å²) in [6.45, 7) is 1.84. The number of carbonyl (C=O) groups is 1. The summed E-state index contributed by atoms with van der Waals surface area (Å²) in [5.74, 6) is 0.142. The summed E-state index contributed by atoms with van der Waals surface area (Å²) in [6, 6.07) is 16.3. The van der Waals surface area contributed by atoms with E-state index in [1.54, 1.807) is 42.1 Å². The van der Waals surface area contributed by atoms with Gasteiger partial charge in [0.15, 0.2) is 6.10 Å². The van der Waals surface area contributed by atoms with Crippen molar-refractivity contribution in [3.8, 4) is 11.4 Å². The van der Waals surface area contributed by atoms with Gasteiger partial charge in [0.05, 0.1) is 5.69 Å². The molecule has 0 aliphatic heterocycles. The van der Waals surface area contributed by atoms with E-state index >= 15 is 0 Å². The molecular weight excluding hydrogens is 340 g/mol. The minimum Gasteiger partial charge on any atom is -0.479 e. The summed E-state index contributed by atoms with van der Waals surface area (Å²) in [5.41, 5.74) is 1.84. The fourth-order valence-corrected chi connectivity index (χ4v) is 2.33. The second-order valence-electron chi connectivity index (χ2n) is 5.44. The summed E-state index contributed by atoms with van der Waals surface area (Å²) in [4.78, 5) is 12.1. The molecule has 128 valence electrons. The van der Waals surface area contributed by atoms with Gasteiger partial charge in [0.2, 0.25) is 0 Å². The van der Waals surface area contributed by atoms with Crippen molar-refractivity contribution in [2.45, 2.75) is 19.6 Å². The molecule has 1 heterocycles. The van der Waals surface area contributed by atoms with Crippen molar-refractivity contribution in [2.75, 3.05) is 0 Å². The molecule has 0 saturated carbocycles. The number of benzene rings is 2. The van der Waals surface area contributed by atoms with Gasteiger partial charge in [-0.3, -0.25) is 0 Å². The van der Waals surface area contributed by atoms with Crippen LogP contribution in [0.25, 0.3) is 5.69 Å². The number of rotatable bonds is 6. The van der Waals surface area contributed by atoms with Gasteiger partial charge in [0, 0.05) is 17.4 Å². The van der Waals surface area contributed by atoms with E-state index in [1.165, 1.54) is 0 Å². The van der Waals surface area contributed by atoms with Gasteiger partial charge >= 0.3 is 5.97 Å². The Kier molecular flexibility index (Phi) is 5.36. The van der Waals surface area contributed by atoms with Crippen molar-refractivity contribution in [1.82, 2.24) is 9.78 Å². The molecular formula is C19H17ClN2O3. The maximum absolute atomic E-state index is 12.1. The van der Waals surface area contributed by atoms with Crippen molar-refractivity contribution in [3.63, 3.8) is 0 Å². The van der Waals surface area contributed by atoms with Crippen LogP contribution in [-0.2, 0) is 16.1 Å². The lowest BCUT2D eigenvalue weighted by atomic mass is 10.2. The molecule has 6 heteroatoms. The molecule has 1 unspecified atom stereocenters. The van der Waals surface area contributed by atoms with Crippen LogP contribution >= 0.6 is 11.6 Å². The maximum atomic E-state index is 12.1. The van der Waals surface area contributed by atoms with E-state index in [1.807, 2.05) is 36.5 Å². The molecule has 1 aromatic heterocycles. The largest absolute Gasteiger partial charge is 0.479 e. The smallest absolute Gasteiger partial charge is 0.347 e. The van der Waals surface area contributed by atoms with E-state index in [-0.39, 0.29) is 6.61 Å². The SMILES string of the molecule is CC(Oc1ccc(Cl)cc1)C(=O)OCc1ccc(-n2cccn2)cc1. The van der Waals surface area contributed by atoms with Gasteiger partial charge in [0.25, 0.3) is 0 Å². The van der Waals surface area contributed by atoms with Crippen LogP contribution in [0.3, 0.4) is 0 Å². The Balaban J connectivity index is 1.52. The molecule has 3 rings (SSSR count). The van der Waals surface area contributed by atoms with Crippen molar-refractivity contribution >= 4 is 17.6 Å². The molecule has 2 aromatic carbocycles. The minimum atomic E-state index is -0.704. The molecule has 3 aromatic rings. The lowest BCUT2D eigenvalue weighted by Crippen LogP contribution is -2.26. The Morgan fingerprint density at radius 3 is 2.52 bits per heavy atom. The van der Waals surface area contributed by atoms with Gasteiger partial charge in [-0.1, -0.05) is 23.7 Å². The van der Waals surface area contributed by atoms with Crippen LogP contribution < -0.4 is 4.74 Å². The molecule has 0 aliphatic carbocycles. The lowest BCUT2D eigenvalue weighted by Gasteiger charge is -2.14. The summed E-state index contributed by atoms with van der Waals surface area (Å²) in [7, 11) is 0. The summed E-state index contributed by atoms with van der Waals surface area (Å²) in [6.07, 6.45) is 2.88. The molecule has 25 heavy (non-hydrogen) atoms. The predicted octanol–water partition coefficient (Wildman–Crippen LogP) is 4.04. The molecule has 5 nitrogen and oxygen atoms in total. The minimum absolute atomic E-state index is 0.187. The molecule has 0 amide bonds. The third-order valence-electron chi connectivity index (χ3n) is 3.54. The third kappa shape index (κ3) is 4.61. The first-order valence-electron chi connectivity index (χ1n) is 7.79. The highest BCUT2D eigenvalue weighted by atomic mass is 35.5. The third-order valence-corrected chi connectivity index (χ3v) is 3.80. The molecule has 0 aliphatic rings. The fraction of sp³-hybridized carbons (Fsp3) is 0.158. The summed E-state index contributed by atoms with van der Waals surface area (Å²) < 4.78 is 12.6. The number of aromatic nitrogens is 2. The van der Waals surface area contributed by atoms with Crippen LogP contribution in [-0.4, -0.2) is 21.9 Å². The lowest BCUT2D eigenvalue weighted by molar-refractivity contribution is -0.152. The predicted molar refractivity (Wildman–Crippen MR) is 94.9 cm³/mol. The van der Waals surface area contributed by atoms with Gasteiger partial charge in [-0.05, 0) is 55.0 Å². The second-order valence-corrected chi connectivity index (χ2v) is 5.88. The Morgan fingerprint density at radius 2 is 1.88 bits per heavy atom. The zero-order chi connectivity index (χ0) is 17.6. The number of esters is 1. The highest BCUT2D eigenvalue weighted by molar-refractivity contribution is 6.30. The zero-order valence-electron chi connectivity index (χ0n) is 13.6.